The van der Waals surface area contributed by atoms with Crippen molar-refractivity contribution < 1.29 is 9.59 Å². The number of para-hydroxylation sites is 1. The molecule has 0 aromatic heterocycles. The molecule has 1 heterocycles. The van der Waals surface area contributed by atoms with Gasteiger partial charge in [0.1, 0.15) is 0 Å². The molecule has 1 unspecified atom stereocenters. The Labute approximate surface area is 120 Å². The first-order valence-electron chi connectivity index (χ1n) is 7.14. The van der Waals surface area contributed by atoms with Crippen LogP contribution in [0.5, 0.6) is 0 Å². The molecule has 108 valence electrons. The highest BCUT2D eigenvalue weighted by Gasteiger charge is 2.41. The van der Waals surface area contributed by atoms with E-state index in [9.17, 15) is 9.59 Å². The standard InChI is InChI=1S/C16H22N2O2/c1-4-10-16(2,3)17-13-11-14(19)18(15(13)20)12-8-6-5-7-9-12/h5-9,13,17H,4,10-11H2,1-3H3. The molecule has 1 N–H and O–H groups in total. The molecular formula is C16H22N2O2. The number of hydrogen-bond acceptors (Lipinski definition) is 3. The van der Waals surface area contributed by atoms with Gasteiger partial charge in [-0.1, -0.05) is 31.5 Å². The predicted octanol–water partition coefficient (Wildman–Crippen LogP) is 2.49. The van der Waals surface area contributed by atoms with Gasteiger partial charge < -0.3 is 5.32 Å². The van der Waals surface area contributed by atoms with Crippen molar-refractivity contribution in [1.29, 1.82) is 0 Å². The fraction of sp³-hybridized carbons (Fsp3) is 0.500. The number of benzene rings is 1. The van der Waals surface area contributed by atoms with Crippen LogP contribution in [0.15, 0.2) is 30.3 Å². The summed E-state index contributed by atoms with van der Waals surface area (Å²) in [6.07, 6.45) is 2.24. The number of anilines is 1. The van der Waals surface area contributed by atoms with Crippen LogP contribution >= 0.6 is 0 Å². The van der Waals surface area contributed by atoms with Crippen LogP contribution in [-0.2, 0) is 9.59 Å². The molecule has 0 aliphatic carbocycles. The molecule has 0 radical (unpaired) electrons. The summed E-state index contributed by atoms with van der Waals surface area (Å²) in [6, 6.07) is 8.69. The second-order valence-corrected chi connectivity index (χ2v) is 5.94. The maximum absolute atomic E-state index is 12.4. The summed E-state index contributed by atoms with van der Waals surface area (Å²) in [5.41, 5.74) is 0.516. The van der Waals surface area contributed by atoms with Crippen LogP contribution in [0, 0.1) is 0 Å². The zero-order valence-electron chi connectivity index (χ0n) is 12.3. The minimum Gasteiger partial charge on any atom is -0.300 e. The van der Waals surface area contributed by atoms with Gasteiger partial charge in [-0.2, -0.15) is 0 Å². The van der Waals surface area contributed by atoms with E-state index in [-0.39, 0.29) is 23.8 Å². The van der Waals surface area contributed by atoms with E-state index in [1.54, 1.807) is 12.1 Å². The van der Waals surface area contributed by atoms with Crippen molar-refractivity contribution in [2.75, 3.05) is 4.90 Å². The van der Waals surface area contributed by atoms with E-state index < -0.39 is 6.04 Å². The van der Waals surface area contributed by atoms with Crippen molar-refractivity contribution in [1.82, 2.24) is 5.32 Å². The Morgan fingerprint density at radius 3 is 2.50 bits per heavy atom. The number of nitrogens with one attached hydrogen (secondary N) is 1. The number of nitrogens with zero attached hydrogens (tertiary/aromatic N) is 1. The molecule has 0 bridgehead atoms. The molecule has 1 aliphatic heterocycles. The third-order valence-corrected chi connectivity index (χ3v) is 3.60. The van der Waals surface area contributed by atoms with E-state index in [0.29, 0.717) is 5.69 Å². The largest absolute Gasteiger partial charge is 0.300 e. The van der Waals surface area contributed by atoms with E-state index >= 15 is 0 Å². The summed E-state index contributed by atoms with van der Waals surface area (Å²) in [6.45, 7) is 6.25. The molecule has 2 rings (SSSR count). The minimum atomic E-state index is -0.413. The molecule has 1 fully saturated rings. The lowest BCUT2D eigenvalue weighted by Gasteiger charge is -2.28. The fourth-order valence-corrected chi connectivity index (χ4v) is 2.76. The fourth-order valence-electron chi connectivity index (χ4n) is 2.76. The van der Waals surface area contributed by atoms with Crippen LogP contribution in [0.4, 0.5) is 5.69 Å². The van der Waals surface area contributed by atoms with Crippen molar-refractivity contribution >= 4 is 17.5 Å². The Morgan fingerprint density at radius 2 is 1.90 bits per heavy atom. The van der Waals surface area contributed by atoms with E-state index in [1.165, 1.54) is 4.90 Å². The van der Waals surface area contributed by atoms with Crippen LogP contribution in [-0.4, -0.2) is 23.4 Å². The summed E-state index contributed by atoms with van der Waals surface area (Å²) >= 11 is 0. The van der Waals surface area contributed by atoms with Crippen molar-refractivity contribution in [3.05, 3.63) is 30.3 Å². The molecular weight excluding hydrogens is 252 g/mol. The van der Waals surface area contributed by atoms with Crippen molar-refractivity contribution in [3.8, 4) is 0 Å². The van der Waals surface area contributed by atoms with Crippen molar-refractivity contribution in [2.24, 2.45) is 0 Å². The number of amides is 2. The summed E-state index contributed by atoms with van der Waals surface area (Å²) < 4.78 is 0. The minimum absolute atomic E-state index is 0.133. The molecule has 1 atom stereocenters. The molecule has 1 saturated heterocycles. The van der Waals surface area contributed by atoms with Gasteiger partial charge >= 0.3 is 0 Å². The Balaban J connectivity index is 2.13. The molecule has 0 spiro atoms. The Kier molecular flexibility index (Phi) is 4.23. The highest BCUT2D eigenvalue weighted by Crippen LogP contribution is 2.24. The van der Waals surface area contributed by atoms with E-state index in [0.717, 1.165) is 12.8 Å². The van der Waals surface area contributed by atoms with E-state index in [1.807, 2.05) is 18.2 Å². The topological polar surface area (TPSA) is 49.4 Å². The van der Waals surface area contributed by atoms with Gasteiger partial charge in [0.2, 0.25) is 5.91 Å². The van der Waals surface area contributed by atoms with Gasteiger partial charge in [-0.3, -0.25) is 9.59 Å². The van der Waals surface area contributed by atoms with E-state index in [4.69, 9.17) is 0 Å². The molecule has 0 saturated carbocycles. The molecule has 2 amide bonds. The highest BCUT2D eigenvalue weighted by atomic mass is 16.2. The Hall–Kier alpha value is -1.68. The second-order valence-electron chi connectivity index (χ2n) is 5.94. The number of carbonyl (C=O) groups is 2. The first-order valence-corrected chi connectivity index (χ1v) is 7.14. The highest BCUT2D eigenvalue weighted by molar-refractivity contribution is 6.22. The maximum Gasteiger partial charge on any atom is 0.251 e. The first kappa shape index (κ1) is 14.7. The summed E-state index contributed by atoms with van der Waals surface area (Å²) in [5, 5.41) is 3.32. The third-order valence-electron chi connectivity index (χ3n) is 3.60. The van der Waals surface area contributed by atoms with Gasteiger partial charge in [-0.15, -0.1) is 0 Å². The summed E-state index contributed by atoms with van der Waals surface area (Å²) in [7, 11) is 0. The Bertz CT molecular complexity index is 496. The molecule has 1 aromatic rings. The van der Waals surface area contributed by atoms with Gasteiger partial charge in [0.25, 0.3) is 5.91 Å². The lowest BCUT2D eigenvalue weighted by atomic mass is 9.97. The smallest absolute Gasteiger partial charge is 0.251 e. The normalized spacial score (nSPS) is 19.8. The van der Waals surface area contributed by atoms with Gasteiger partial charge in [-0.25, -0.2) is 4.90 Å². The zero-order valence-corrected chi connectivity index (χ0v) is 12.3. The van der Waals surface area contributed by atoms with Crippen LogP contribution in [0.3, 0.4) is 0 Å². The number of rotatable bonds is 5. The van der Waals surface area contributed by atoms with Gasteiger partial charge in [0, 0.05) is 5.54 Å². The van der Waals surface area contributed by atoms with Gasteiger partial charge in [0.15, 0.2) is 0 Å². The van der Waals surface area contributed by atoms with Crippen molar-refractivity contribution in [3.63, 3.8) is 0 Å². The van der Waals surface area contributed by atoms with E-state index in [2.05, 4.69) is 26.1 Å². The van der Waals surface area contributed by atoms with Crippen molar-refractivity contribution in [2.45, 2.75) is 51.6 Å². The van der Waals surface area contributed by atoms with Crippen LogP contribution in [0.2, 0.25) is 0 Å². The number of carbonyl (C=O) groups excluding carboxylic acids is 2. The average Bonchev–Trinajstić information content (AvgIpc) is 2.64. The zero-order chi connectivity index (χ0) is 14.8. The number of imide groups is 1. The van der Waals surface area contributed by atoms with Crippen LogP contribution in [0.1, 0.15) is 40.0 Å². The molecule has 4 nitrogen and oxygen atoms in total. The monoisotopic (exact) mass is 274 g/mol. The summed E-state index contributed by atoms with van der Waals surface area (Å²) in [5.74, 6) is -0.281. The van der Waals surface area contributed by atoms with Gasteiger partial charge in [-0.05, 0) is 32.4 Å². The second kappa shape index (κ2) is 5.75. The van der Waals surface area contributed by atoms with Gasteiger partial charge in [0.05, 0.1) is 18.2 Å². The molecule has 4 heteroatoms. The summed E-state index contributed by atoms with van der Waals surface area (Å²) in [4.78, 5) is 25.8. The van der Waals surface area contributed by atoms with Crippen LogP contribution in [0.25, 0.3) is 0 Å². The molecule has 20 heavy (non-hydrogen) atoms. The number of hydrogen-bond donors (Lipinski definition) is 1. The third kappa shape index (κ3) is 3.07. The molecule has 1 aliphatic rings. The maximum atomic E-state index is 12.4. The quantitative estimate of drug-likeness (QED) is 0.839. The lowest BCUT2D eigenvalue weighted by molar-refractivity contribution is -0.121. The first-order chi connectivity index (χ1) is 9.44. The van der Waals surface area contributed by atoms with Crippen LogP contribution < -0.4 is 10.2 Å². The lowest BCUT2D eigenvalue weighted by Crippen LogP contribution is -2.49. The average molecular weight is 274 g/mol. The SMILES string of the molecule is CCCC(C)(C)NC1CC(=O)N(c2ccccc2)C1=O. The predicted molar refractivity (Wildman–Crippen MR) is 79.5 cm³/mol. The molecule has 1 aromatic carbocycles. The Morgan fingerprint density at radius 1 is 1.25 bits per heavy atom.